The van der Waals surface area contributed by atoms with E-state index in [2.05, 4.69) is 80.7 Å². The van der Waals surface area contributed by atoms with Crippen molar-refractivity contribution in [2.24, 2.45) is 0 Å². The van der Waals surface area contributed by atoms with Crippen LogP contribution >= 0.6 is 7.82 Å². The number of aliphatic hydroxyl groups is 2. The SMILES string of the molecule is CC/C=C\C/C=C\C/C=C\C/C=C\C/C=C\CCCCCC(=O)O[C@H](COC(=O)CCCCCCC[C@@H](O)[C@H](O)C/C=C\CCCCC)COP(=O)([O-])OCC[N+](C)(C)C. The van der Waals surface area contributed by atoms with Gasteiger partial charge in [-0.05, 0) is 83.5 Å². The third kappa shape index (κ3) is 40.8. The van der Waals surface area contributed by atoms with Crippen LogP contribution in [0.2, 0.25) is 0 Å². The first-order valence-electron chi connectivity index (χ1n) is 22.8. The van der Waals surface area contributed by atoms with Gasteiger partial charge in [0, 0.05) is 12.8 Å². The van der Waals surface area contributed by atoms with E-state index in [1.165, 1.54) is 12.8 Å². The average molecular weight is 866 g/mol. The Morgan fingerprint density at radius 2 is 1.13 bits per heavy atom. The van der Waals surface area contributed by atoms with Gasteiger partial charge in [-0.3, -0.25) is 14.2 Å². The van der Waals surface area contributed by atoms with E-state index in [0.29, 0.717) is 36.7 Å². The van der Waals surface area contributed by atoms with E-state index in [1.54, 1.807) is 0 Å². The summed E-state index contributed by atoms with van der Waals surface area (Å²) < 4.78 is 33.8. The minimum Gasteiger partial charge on any atom is -0.756 e. The van der Waals surface area contributed by atoms with Crippen molar-refractivity contribution in [3.05, 3.63) is 72.9 Å². The van der Waals surface area contributed by atoms with Gasteiger partial charge >= 0.3 is 11.9 Å². The Hall–Kier alpha value is -2.63. The summed E-state index contributed by atoms with van der Waals surface area (Å²) in [5, 5.41) is 20.5. The number of allylic oxidation sites excluding steroid dienone is 11. The quantitative estimate of drug-likeness (QED) is 0.0200. The summed E-state index contributed by atoms with van der Waals surface area (Å²) in [7, 11) is 1.04. The van der Waals surface area contributed by atoms with Crippen molar-refractivity contribution in [1.29, 1.82) is 0 Å². The van der Waals surface area contributed by atoms with Crippen LogP contribution < -0.4 is 4.89 Å². The summed E-state index contributed by atoms with van der Waals surface area (Å²) in [5.74, 6) is -0.991. The first-order chi connectivity index (χ1) is 28.8. The Kier molecular flexibility index (Phi) is 37.5. The second kappa shape index (κ2) is 39.2. The maximum atomic E-state index is 12.7. The van der Waals surface area contributed by atoms with Crippen LogP contribution in [0.1, 0.15) is 155 Å². The Labute approximate surface area is 364 Å². The molecule has 2 N–H and O–H groups in total. The Morgan fingerprint density at radius 1 is 0.617 bits per heavy atom. The lowest BCUT2D eigenvalue weighted by Crippen LogP contribution is -2.37. The molecule has 0 bridgehead atoms. The van der Waals surface area contributed by atoms with Gasteiger partial charge in [-0.15, -0.1) is 0 Å². The van der Waals surface area contributed by atoms with Gasteiger partial charge in [0.05, 0.1) is 40.0 Å². The molecule has 4 atom stereocenters. The van der Waals surface area contributed by atoms with Crippen molar-refractivity contribution in [1.82, 2.24) is 0 Å². The molecule has 0 radical (unpaired) electrons. The van der Waals surface area contributed by atoms with Crippen LogP contribution in [0.3, 0.4) is 0 Å². The fourth-order valence-electron chi connectivity index (χ4n) is 5.70. The summed E-state index contributed by atoms with van der Waals surface area (Å²) in [5.41, 5.74) is 0. The molecule has 0 saturated heterocycles. The smallest absolute Gasteiger partial charge is 0.306 e. The summed E-state index contributed by atoms with van der Waals surface area (Å²) in [4.78, 5) is 37.6. The number of carbonyl (C=O) groups excluding carboxylic acids is 2. The summed E-state index contributed by atoms with van der Waals surface area (Å²) in [6.07, 6.45) is 40.9. The number of quaternary nitrogens is 1. The minimum absolute atomic E-state index is 0.0667. The van der Waals surface area contributed by atoms with Crippen molar-refractivity contribution in [2.45, 2.75) is 173 Å². The van der Waals surface area contributed by atoms with Gasteiger partial charge in [-0.2, -0.15) is 0 Å². The second-order valence-electron chi connectivity index (χ2n) is 16.3. The highest BCUT2D eigenvalue weighted by atomic mass is 31.2. The fraction of sp³-hybridized carbons (Fsp3) is 0.708. The summed E-state index contributed by atoms with van der Waals surface area (Å²) in [6.45, 7) is 3.82. The van der Waals surface area contributed by atoms with Crippen LogP contribution in [-0.2, 0) is 32.7 Å². The molecule has 0 fully saturated rings. The Morgan fingerprint density at radius 3 is 1.73 bits per heavy atom. The van der Waals surface area contributed by atoms with E-state index in [4.69, 9.17) is 18.5 Å². The molecule has 0 heterocycles. The van der Waals surface area contributed by atoms with Gasteiger partial charge in [0.2, 0.25) is 0 Å². The number of rotatable bonds is 40. The van der Waals surface area contributed by atoms with Gasteiger partial charge in [-0.25, -0.2) is 0 Å². The van der Waals surface area contributed by atoms with Crippen LogP contribution in [0.25, 0.3) is 0 Å². The number of phosphoric acid groups is 1. The van der Waals surface area contributed by atoms with E-state index in [0.717, 1.165) is 89.9 Å². The molecule has 12 heteroatoms. The molecule has 0 aromatic rings. The molecule has 346 valence electrons. The maximum absolute atomic E-state index is 12.7. The number of hydrogen-bond donors (Lipinski definition) is 2. The third-order valence-electron chi connectivity index (χ3n) is 9.41. The van der Waals surface area contributed by atoms with Crippen LogP contribution in [0.15, 0.2) is 72.9 Å². The summed E-state index contributed by atoms with van der Waals surface area (Å²) >= 11 is 0. The average Bonchev–Trinajstić information content (AvgIpc) is 3.19. The standard InChI is InChI=1S/C48H84NO10P/c1-6-8-10-12-14-15-16-17-18-19-20-21-22-23-24-25-26-30-35-39-48(53)59-44(43-58-60(54,55)57-41-40-49(3,4)5)42-56-47(52)38-34-31-27-29-33-37-46(51)45(50)36-32-28-13-11-9-7-2/h8,10,14-15,17-18,20-21,23-24,28,32,44-46,50-51H,6-7,9,11-13,16,19,22,25-27,29-31,33-43H2,1-5H3/b10-8-,15-14-,18-17-,21-20-,24-23-,32-28-/t44-,45-,46-/m1/s1. The van der Waals surface area contributed by atoms with Gasteiger partial charge in [0.25, 0.3) is 7.82 Å². The molecule has 60 heavy (non-hydrogen) atoms. The van der Waals surface area contributed by atoms with Gasteiger partial charge in [-0.1, -0.05) is 132 Å². The molecule has 11 nitrogen and oxygen atoms in total. The predicted octanol–water partition coefficient (Wildman–Crippen LogP) is 10.3. The molecule has 0 aromatic carbocycles. The van der Waals surface area contributed by atoms with Gasteiger partial charge < -0.3 is 38.1 Å². The van der Waals surface area contributed by atoms with E-state index < -0.39 is 44.7 Å². The minimum atomic E-state index is -4.68. The van der Waals surface area contributed by atoms with Crippen LogP contribution in [0, 0.1) is 0 Å². The van der Waals surface area contributed by atoms with E-state index >= 15 is 0 Å². The van der Waals surface area contributed by atoms with Crippen LogP contribution in [-0.4, -0.2) is 92.5 Å². The van der Waals surface area contributed by atoms with E-state index in [1.807, 2.05) is 27.2 Å². The highest BCUT2D eigenvalue weighted by molar-refractivity contribution is 7.45. The van der Waals surface area contributed by atoms with Crippen molar-refractivity contribution < 1.29 is 52.3 Å². The normalized spacial score (nSPS) is 15.3. The second-order valence-corrected chi connectivity index (χ2v) is 17.7. The van der Waals surface area contributed by atoms with Crippen LogP contribution in [0.4, 0.5) is 0 Å². The number of hydrogen-bond acceptors (Lipinski definition) is 10. The number of aliphatic hydroxyl groups excluding tert-OH is 2. The van der Waals surface area contributed by atoms with Crippen molar-refractivity contribution in [3.63, 3.8) is 0 Å². The van der Waals surface area contributed by atoms with Gasteiger partial charge in [0.1, 0.15) is 19.8 Å². The lowest BCUT2D eigenvalue weighted by molar-refractivity contribution is -0.870. The van der Waals surface area contributed by atoms with Crippen molar-refractivity contribution in [3.8, 4) is 0 Å². The van der Waals surface area contributed by atoms with E-state index in [-0.39, 0.29) is 26.1 Å². The first-order valence-corrected chi connectivity index (χ1v) is 24.3. The van der Waals surface area contributed by atoms with E-state index in [9.17, 15) is 29.3 Å². The molecule has 0 aliphatic carbocycles. The highest BCUT2D eigenvalue weighted by Crippen LogP contribution is 2.38. The molecule has 0 aliphatic rings. The molecule has 0 amide bonds. The molecular formula is C48H84NO10P. The number of carbonyl (C=O) groups is 2. The zero-order chi connectivity index (χ0) is 44.6. The van der Waals surface area contributed by atoms with Gasteiger partial charge in [0.15, 0.2) is 6.10 Å². The molecule has 0 spiro atoms. The van der Waals surface area contributed by atoms with Crippen LogP contribution in [0.5, 0.6) is 0 Å². The number of unbranched alkanes of at least 4 members (excludes halogenated alkanes) is 10. The number of ether oxygens (including phenoxy) is 2. The van der Waals surface area contributed by atoms with Crippen molar-refractivity contribution in [2.75, 3.05) is 47.5 Å². The lowest BCUT2D eigenvalue weighted by Gasteiger charge is -2.28. The number of esters is 2. The lowest BCUT2D eigenvalue weighted by atomic mass is 10.0. The monoisotopic (exact) mass is 866 g/mol. The highest BCUT2D eigenvalue weighted by Gasteiger charge is 2.22. The zero-order valence-electron chi connectivity index (χ0n) is 38.1. The largest absolute Gasteiger partial charge is 0.756 e. The number of likely N-dealkylation sites (N-methyl/N-ethyl adjacent to an activating group) is 1. The zero-order valence-corrected chi connectivity index (χ0v) is 39.0. The maximum Gasteiger partial charge on any atom is 0.306 e. The number of phosphoric ester groups is 1. The molecule has 0 saturated carbocycles. The summed E-state index contributed by atoms with van der Waals surface area (Å²) in [6, 6.07) is 0. The third-order valence-corrected chi connectivity index (χ3v) is 10.4. The predicted molar refractivity (Wildman–Crippen MR) is 243 cm³/mol. The molecule has 0 rings (SSSR count). The first kappa shape index (κ1) is 57.4. The Bertz CT molecular complexity index is 1290. The van der Waals surface area contributed by atoms with Crippen molar-refractivity contribution >= 4 is 19.8 Å². The fourth-order valence-corrected chi connectivity index (χ4v) is 6.43. The molecular weight excluding hydrogens is 781 g/mol. The molecule has 1 unspecified atom stereocenters. The number of nitrogens with zero attached hydrogens (tertiary/aromatic N) is 1. The molecule has 0 aromatic heterocycles. The Balaban J connectivity index is 4.53. The topological polar surface area (TPSA) is 152 Å². The molecule has 0 aliphatic heterocycles.